The zero-order chi connectivity index (χ0) is 20.6. The molecule has 0 radical (unpaired) electrons. The van der Waals surface area contributed by atoms with Crippen LogP contribution in [0.1, 0.15) is 6.42 Å². The molecular weight excluding hydrogens is 433 g/mol. The lowest BCUT2D eigenvalue weighted by atomic mass is 10.2. The van der Waals surface area contributed by atoms with E-state index in [2.05, 4.69) is 9.97 Å². The highest BCUT2D eigenvalue weighted by atomic mass is 32.2. The maximum Gasteiger partial charge on any atom is 0.233 e. The van der Waals surface area contributed by atoms with Gasteiger partial charge in [0.05, 0.1) is 27.5 Å². The monoisotopic (exact) mass is 451 g/mol. The number of amides is 1. The van der Waals surface area contributed by atoms with Crippen LogP contribution in [0.3, 0.4) is 0 Å². The summed E-state index contributed by atoms with van der Waals surface area (Å²) in [7, 11) is -1.38. The summed E-state index contributed by atoms with van der Waals surface area (Å²) >= 11 is 2.81. The minimum Gasteiger partial charge on any atom is -0.341 e. The number of thioether (sulfide) groups is 1. The van der Waals surface area contributed by atoms with Crippen LogP contribution >= 0.6 is 23.1 Å². The van der Waals surface area contributed by atoms with Gasteiger partial charge in [-0.05, 0) is 30.2 Å². The van der Waals surface area contributed by atoms with Gasteiger partial charge in [0, 0.05) is 18.0 Å². The van der Waals surface area contributed by atoms with E-state index in [0.717, 1.165) is 20.7 Å². The molecule has 1 aromatic carbocycles. The average Bonchev–Trinajstić information content (AvgIpc) is 3.29. The van der Waals surface area contributed by atoms with Crippen molar-refractivity contribution in [1.82, 2.24) is 14.9 Å². The van der Waals surface area contributed by atoms with Crippen molar-refractivity contribution in [2.45, 2.75) is 17.5 Å². The van der Waals surface area contributed by atoms with Gasteiger partial charge in [0.15, 0.2) is 9.84 Å². The molecule has 10 heteroatoms. The number of fused-ring (bicyclic) bond motifs is 1. The van der Waals surface area contributed by atoms with E-state index in [0.29, 0.717) is 11.4 Å². The van der Waals surface area contributed by atoms with E-state index in [-0.39, 0.29) is 35.0 Å². The smallest absolute Gasteiger partial charge is 0.233 e. The largest absolute Gasteiger partial charge is 0.341 e. The summed E-state index contributed by atoms with van der Waals surface area (Å²) in [6.07, 6.45) is 1.95. The summed E-state index contributed by atoms with van der Waals surface area (Å²) in [5, 5.41) is 0.703. The summed E-state index contributed by atoms with van der Waals surface area (Å²) in [6.45, 7) is 0. The predicted molar refractivity (Wildman–Crippen MR) is 113 cm³/mol. The molecule has 1 amide bonds. The number of aromatic nitrogens is 2. The van der Waals surface area contributed by atoms with Crippen LogP contribution in [0.5, 0.6) is 0 Å². The fourth-order valence-electron chi connectivity index (χ4n) is 3.21. The van der Waals surface area contributed by atoms with Crippen molar-refractivity contribution in [1.29, 1.82) is 0 Å². The van der Waals surface area contributed by atoms with E-state index in [9.17, 15) is 17.6 Å². The van der Waals surface area contributed by atoms with Gasteiger partial charge < -0.3 is 4.90 Å². The van der Waals surface area contributed by atoms with Crippen molar-refractivity contribution in [3.8, 4) is 10.4 Å². The summed E-state index contributed by atoms with van der Waals surface area (Å²) in [6, 6.07) is 7.93. The van der Waals surface area contributed by atoms with Gasteiger partial charge in [0.2, 0.25) is 5.91 Å². The standard InChI is InChI=1S/C19H18FN3O3S3/c1-23(14-6-7-29(25,26)10-14)17(24)9-27-19-18-15(21-11-22-19)8-16(28-18)12-2-4-13(20)5-3-12/h2-5,8,11,14H,6-7,9-10H2,1H3. The minimum absolute atomic E-state index is 0.0314. The third-order valence-electron chi connectivity index (χ3n) is 4.89. The van der Waals surface area contributed by atoms with Crippen LogP contribution in [0.25, 0.3) is 20.7 Å². The molecule has 1 fully saturated rings. The molecule has 1 saturated heterocycles. The highest BCUT2D eigenvalue weighted by molar-refractivity contribution is 8.00. The SMILES string of the molecule is CN(C(=O)CSc1ncnc2cc(-c3ccc(F)cc3)sc12)C1CCS(=O)(=O)C1. The summed E-state index contributed by atoms with van der Waals surface area (Å²) in [5.41, 5.74) is 1.66. The van der Waals surface area contributed by atoms with Crippen molar-refractivity contribution in [2.75, 3.05) is 24.3 Å². The maximum atomic E-state index is 13.2. The van der Waals surface area contributed by atoms with Crippen LogP contribution in [0.15, 0.2) is 41.7 Å². The molecule has 0 saturated carbocycles. The Morgan fingerprint density at radius 2 is 2.07 bits per heavy atom. The first-order valence-electron chi connectivity index (χ1n) is 8.92. The molecule has 29 heavy (non-hydrogen) atoms. The van der Waals surface area contributed by atoms with Crippen LogP contribution in [0.4, 0.5) is 4.39 Å². The molecule has 4 rings (SSSR count). The fraction of sp³-hybridized carbons (Fsp3) is 0.316. The second-order valence-corrected chi connectivity index (χ2v) is 11.1. The van der Waals surface area contributed by atoms with E-state index in [4.69, 9.17) is 0 Å². The number of hydrogen-bond acceptors (Lipinski definition) is 7. The lowest BCUT2D eigenvalue weighted by Crippen LogP contribution is -2.38. The van der Waals surface area contributed by atoms with Crippen LogP contribution in [-0.2, 0) is 14.6 Å². The van der Waals surface area contributed by atoms with Crippen molar-refractivity contribution in [2.24, 2.45) is 0 Å². The molecular formula is C19H18FN3O3S3. The molecule has 0 N–H and O–H groups in total. The fourth-order valence-corrected chi connectivity index (χ4v) is 7.11. The second kappa shape index (κ2) is 8.00. The van der Waals surface area contributed by atoms with Gasteiger partial charge in [0.25, 0.3) is 0 Å². The molecule has 0 bridgehead atoms. The Bertz CT molecular complexity index is 1160. The Balaban J connectivity index is 1.49. The first kappa shape index (κ1) is 20.2. The Kier molecular flexibility index (Phi) is 5.58. The number of thiophene rings is 1. The number of hydrogen-bond donors (Lipinski definition) is 0. The molecule has 1 atom stereocenters. The van der Waals surface area contributed by atoms with Crippen LogP contribution in [-0.4, -0.2) is 59.5 Å². The van der Waals surface area contributed by atoms with E-state index in [1.807, 2.05) is 6.07 Å². The van der Waals surface area contributed by atoms with Crippen LogP contribution in [0, 0.1) is 5.82 Å². The van der Waals surface area contributed by atoms with Crippen molar-refractivity contribution >= 4 is 49.1 Å². The molecule has 1 aliphatic rings. The average molecular weight is 452 g/mol. The Morgan fingerprint density at radius 3 is 2.76 bits per heavy atom. The topological polar surface area (TPSA) is 80.2 Å². The van der Waals surface area contributed by atoms with Gasteiger partial charge in [-0.1, -0.05) is 23.9 Å². The molecule has 1 unspecified atom stereocenters. The Hall–Kier alpha value is -2.04. The van der Waals surface area contributed by atoms with Crippen LogP contribution < -0.4 is 0 Å². The quantitative estimate of drug-likeness (QED) is 0.438. The Labute approximate surface area is 176 Å². The minimum atomic E-state index is -3.04. The van der Waals surface area contributed by atoms with Gasteiger partial charge in [-0.25, -0.2) is 22.8 Å². The maximum absolute atomic E-state index is 13.2. The zero-order valence-corrected chi connectivity index (χ0v) is 18.0. The molecule has 3 heterocycles. The van der Waals surface area contributed by atoms with E-state index in [1.54, 1.807) is 19.2 Å². The predicted octanol–water partition coefficient (Wildman–Crippen LogP) is 3.24. The molecule has 6 nitrogen and oxygen atoms in total. The molecule has 3 aromatic rings. The van der Waals surface area contributed by atoms with Gasteiger partial charge in [-0.15, -0.1) is 11.3 Å². The number of rotatable bonds is 5. The summed E-state index contributed by atoms with van der Waals surface area (Å²) in [5.74, 6) is -0.0779. The molecule has 152 valence electrons. The third-order valence-corrected chi connectivity index (χ3v) is 8.92. The lowest BCUT2D eigenvalue weighted by molar-refractivity contribution is -0.128. The first-order valence-corrected chi connectivity index (χ1v) is 12.5. The number of carbonyl (C=O) groups excluding carboxylic acids is 1. The Morgan fingerprint density at radius 1 is 1.31 bits per heavy atom. The van der Waals surface area contributed by atoms with Crippen molar-refractivity contribution < 1.29 is 17.6 Å². The highest BCUT2D eigenvalue weighted by Gasteiger charge is 2.32. The van der Waals surface area contributed by atoms with E-state index in [1.165, 1.54) is 46.5 Å². The normalized spacial score (nSPS) is 18.2. The van der Waals surface area contributed by atoms with E-state index >= 15 is 0 Å². The zero-order valence-electron chi connectivity index (χ0n) is 15.5. The van der Waals surface area contributed by atoms with Gasteiger partial charge in [0.1, 0.15) is 17.2 Å². The van der Waals surface area contributed by atoms with Crippen LogP contribution in [0.2, 0.25) is 0 Å². The molecule has 0 aliphatic carbocycles. The molecule has 2 aromatic heterocycles. The molecule has 0 spiro atoms. The number of carbonyl (C=O) groups is 1. The lowest BCUT2D eigenvalue weighted by Gasteiger charge is -2.23. The number of benzene rings is 1. The number of sulfone groups is 1. The second-order valence-electron chi connectivity index (χ2n) is 6.86. The van der Waals surface area contributed by atoms with Crippen molar-refractivity contribution in [3.05, 3.63) is 42.5 Å². The first-order chi connectivity index (χ1) is 13.8. The molecule has 1 aliphatic heterocycles. The number of halogens is 1. The number of nitrogens with zero attached hydrogens (tertiary/aromatic N) is 3. The van der Waals surface area contributed by atoms with Crippen molar-refractivity contribution in [3.63, 3.8) is 0 Å². The highest BCUT2D eigenvalue weighted by Crippen LogP contribution is 2.37. The van der Waals surface area contributed by atoms with E-state index < -0.39 is 9.84 Å². The van der Waals surface area contributed by atoms with Gasteiger partial charge >= 0.3 is 0 Å². The summed E-state index contributed by atoms with van der Waals surface area (Å²) < 4.78 is 37.4. The summed E-state index contributed by atoms with van der Waals surface area (Å²) in [4.78, 5) is 23.6. The van der Waals surface area contributed by atoms with Gasteiger partial charge in [-0.2, -0.15) is 0 Å². The van der Waals surface area contributed by atoms with Gasteiger partial charge in [-0.3, -0.25) is 4.79 Å². The third kappa shape index (κ3) is 4.44.